The van der Waals surface area contributed by atoms with Gasteiger partial charge in [0.1, 0.15) is 12.2 Å². The van der Waals surface area contributed by atoms with Crippen molar-refractivity contribution in [1.82, 2.24) is 5.32 Å². The summed E-state index contributed by atoms with van der Waals surface area (Å²) >= 11 is 6.46. The maximum atomic E-state index is 14.2. The summed E-state index contributed by atoms with van der Waals surface area (Å²) in [6.07, 6.45) is -1.88. The number of para-hydroxylation sites is 1. The number of carboxylic acids is 1. The molecule has 3 aromatic carbocycles. The van der Waals surface area contributed by atoms with E-state index >= 15 is 0 Å². The normalized spacial score (nSPS) is 16.6. The number of fused-ring (bicyclic) bond motifs is 1. The van der Waals surface area contributed by atoms with E-state index in [0.717, 1.165) is 5.56 Å². The zero-order valence-electron chi connectivity index (χ0n) is 25.1. The zero-order chi connectivity index (χ0) is 32.0. The Kier molecular flexibility index (Phi) is 10.5. The number of benzene rings is 3. The van der Waals surface area contributed by atoms with E-state index in [2.05, 4.69) is 5.32 Å². The van der Waals surface area contributed by atoms with Crippen molar-refractivity contribution in [3.63, 3.8) is 0 Å². The second-order valence-electron chi connectivity index (χ2n) is 11.3. The van der Waals surface area contributed by atoms with E-state index in [1.165, 1.54) is 26.4 Å². The number of aliphatic hydroxyl groups is 1. The minimum Gasteiger partial charge on any atom is -0.545 e. The van der Waals surface area contributed by atoms with Gasteiger partial charge in [0.2, 0.25) is 5.91 Å². The maximum Gasteiger partial charge on any atom is 0.256 e. The van der Waals surface area contributed by atoms with Gasteiger partial charge in [0.15, 0.2) is 11.5 Å². The van der Waals surface area contributed by atoms with Crippen LogP contribution in [0.15, 0.2) is 60.7 Å². The number of carboxylic acid groups (broad SMARTS) is 1. The van der Waals surface area contributed by atoms with Crippen LogP contribution >= 0.6 is 11.6 Å². The van der Waals surface area contributed by atoms with E-state index in [9.17, 15) is 24.6 Å². The molecule has 2 atom stereocenters. The number of hydrogen-bond acceptors (Lipinski definition) is 8. The number of anilines is 1. The molecule has 10 nitrogen and oxygen atoms in total. The highest BCUT2D eigenvalue weighted by Gasteiger charge is 2.40. The van der Waals surface area contributed by atoms with E-state index in [1.807, 2.05) is 13.8 Å². The molecule has 0 bridgehead atoms. The van der Waals surface area contributed by atoms with Gasteiger partial charge in [0.05, 0.1) is 26.6 Å². The van der Waals surface area contributed by atoms with Gasteiger partial charge in [-0.3, -0.25) is 9.59 Å². The molecule has 0 unspecified atom stereocenters. The molecule has 44 heavy (non-hydrogen) atoms. The van der Waals surface area contributed by atoms with E-state index in [0.29, 0.717) is 39.8 Å². The van der Waals surface area contributed by atoms with E-state index in [-0.39, 0.29) is 31.7 Å². The van der Waals surface area contributed by atoms with Crippen LogP contribution in [-0.4, -0.2) is 62.9 Å². The van der Waals surface area contributed by atoms with Crippen molar-refractivity contribution in [3.05, 3.63) is 87.9 Å². The predicted octanol–water partition coefficient (Wildman–Crippen LogP) is 3.31. The summed E-state index contributed by atoms with van der Waals surface area (Å²) < 4.78 is 17.7. The summed E-state index contributed by atoms with van der Waals surface area (Å²) in [5, 5.41) is 24.3. The number of ether oxygens (including phenoxy) is 3. The molecule has 3 aromatic rings. The van der Waals surface area contributed by atoms with Crippen molar-refractivity contribution in [2.45, 2.75) is 38.9 Å². The van der Waals surface area contributed by atoms with Crippen LogP contribution in [0.3, 0.4) is 0 Å². The van der Waals surface area contributed by atoms with Gasteiger partial charge < -0.3 is 39.4 Å². The zero-order valence-corrected chi connectivity index (χ0v) is 25.8. The molecule has 4 rings (SSSR count). The molecule has 0 aliphatic carbocycles. The average Bonchev–Trinajstić information content (AvgIpc) is 3.11. The van der Waals surface area contributed by atoms with Gasteiger partial charge in [-0.25, -0.2) is 0 Å². The van der Waals surface area contributed by atoms with Crippen LogP contribution in [-0.2, 0) is 20.7 Å². The first-order chi connectivity index (χ1) is 21.0. The number of carbonyl (C=O) groups is 3. The molecule has 1 heterocycles. The number of carbonyl (C=O) groups excluding carboxylic acids is 3. The highest BCUT2D eigenvalue weighted by molar-refractivity contribution is 6.30. The standard InChI is InChI=1S/C33H37ClN2O8/c1-33(2,19-37)18-36-25-13-12-22(34)16-24(25)29(23-6-5-7-26(42-3)30(23)43-4)44-27(31(36)39)17-28(38)35-15-14-20-8-10-21(11-9-20)32(40)41/h5-13,16,27,29,37H,14-15,17-19H2,1-4H3,(H,35,38)(H,40,41)/p-1/t27-,29-/m1/s1. The van der Waals surface area contributed by atoms with Crippen molar-refractivity contribution in [3.8, 4) is 11.5 Å². The number of rotatable bonds is 12. The first-order valence-electron chi connectivity index (χ1n) is 14.1. The fraction of sp³-hybridized carbons (Fsp3) is 0.364. The molecule has 0 radical (unpaired) electrons. The summed E-state index contributed by atoms with van der Waals surface area (Å²) in [5.41, 5.74) is 1.94. The molecule has 0 aromatic heterocycles. The van der Waals surface area contributed by atoms with Crippen LogP contribution in [0.5, 0.6) is 11.5 Å². The molecule has 1 aliphatic rings. The molecular formula is C33H36ClN2O8-. The van der Waals surface area contributed by atoms with Crippen LogP contribution in [0.25, 0.3) is 0 Å². The number of methoxy groups -OCH3 is 2. The number of hydrogen-bond donors (Lipinski definition) is 2. The lowest BCUT2D eigenvalue weighted by Crippen LogP contribution is -2.46. The third kappa shape index (κ3) is 7.50. The molecule has 0 saturated heterocycles. The lowest BCUT2D eigenvalue weighted by atomic mass is 9.92. The first-order valence-corrected chi connectivity index (χ1v) is 14.5. The van der Waals surface area contributed by atoms with E-state index in [4.69, 9.17) is 25.8 Å². The third-order valence-electron chi connectivity index (χ3n) is 7.43. The number of nitrogens with zero attached hydrogens (tertiary/aromatic N) is 1. The van der Waals surface area contributed by atoms with Crippen molar-refractivity contribution in [2.75, 3.05) is 38.8 Å². The molecule has 234 valence electrons. The summed E-state index contributed by atoms with van der Waals surface area (Å²) in [7, 11) is 3.03. The molecule has 0 fully saturated rings. The number of aliphatic hydroxyl groups excluding tert-OH is 1. The molecular weight excluding hydrogens is 588 g/mol. The molecule has 11 heteroatoms. The monoisotopic (exact) mass is 623 g/mol. The van der Waals surface area contributed by atoms with Gasteiger partial charge in [0, 0.05) is 46.9 Å². The fourth-order valence-corrected chi connectivity index (χ4v) is 5.28. The van der Waals surface area contributed by atoms with Crippen molar-refractivity contribution < 1.29 is 38.8 Å². The average molecular weight is 624 g/mol. The van der Waals surface area contributed by atoms with Crippen LogP contribution in [0.1, 0.15) is 53.4 Å². The van der Waals surface area contributed by atoms with Crippen LogP contribution in [0, 0.1) is 5.41 Å². The Morgan fingerprint density at radius 3 is 2.43 bits per heavy atom. The highest BCUT2D eigenvalue weighted by atomic mass is 35.5. The maximum absolute atomic E-state index is 14.2. The second kappa shape index (κ2) is 14.1. The molecule has 0 spiro atoms. The molecule has 0 saturated carbocycles. The number of aromatic carboxylic acids is 1. The number of amides is 2. The topological polar surface area (TPSA) is 137 Å². The Balaban J connectivity index is 1.66. The van der Waals surface area contributed by atoms with Gasteiger partial charge in [0.25, 0.3) is 5.91 Å². The molecule has 2 N–H and O–H groups in total. The predicted molar refractivity (Wildman–Crippen MR) is 163 cm³/mol. The Bertz CT molecular complexity index is 1510. The minimum atomic E-state index is -1.26. The summed E-state index contributed by atoms with van der Waals surface area (Å²) in [6.45, 7) is 3.91. The lowest BCUT2D eigenvalue weighted by Gasteiger charge is -2.32. The number of halogens is 1. The van der Waals surface area contributed by atoms with Gasteiger partial charge in [-0.15, -0.1) is 0 Å². The Morgan fingerprint density at radius 1 is 1.07 bits per heavy atom. The Morgan fingerprint density at radius 2 is 1.80 bits per heavy atom. The van der Waals surface area contributed by atoms with E-state index in [1.54, 1.807) is 53.4 Å². The fourth-order valence-electron chi connectivity index (χ4n) is 5.10. The first kappa shape index (κ1) is 32.8. The molecule has 2 amide bonds. The highest BCUT2D eigenvalue weighted by Crippen LogP contribution is 2.45. The third-order valence-corrected chi connectivity index (χ3v) is 7.67. The Hall–Kier alpha value is -4.12. The minimum absolute atomic E-state index is 0.0697. The van der Waals surface area contributed by atoms with Gasteiger partial charge >= 0.3 is 0 Å². The number of nitrogens with one attached hydrogen (secondary N) is 1. The summed E-state index contributed by atoms with van der Waals surface area (Å²) in [6, 6.07) is 16.7. The summed E-state index contributed by atoms with van der Waals surface area (Å²) in [5.74, 6) is -1.23. The van der Waals surface area contributed by atoms with Gasteiger partial charge in [-0.2, -0.15) is 0 Å². The van der Waals surface area contributed by atoms with E-state index < -0.39 is 35.4 Å². The quantitative estimate of drug-likeness (QED) is 0.314. The largest absolute Gasteiger partial charge is 0.545 e. The van der Waals surface area contributed by atoms with Crippen LogP contribution in [0.4, 0.5) is 5.69 Å². The molecule has 1 aliphatic heterocycles. The lowest BCUT2D eigenvalue weighted by molar-refractivity contribution is -0.255. The van der Waals surface area contributed by atoms with Crippen molar-refractivity contribution in [1.29, 1.82) is 0 Å². The SMILES string of the molecule is COc1cccc([C@H]2O[C@H](CC(=O)NCCc3ccc(C(=O)[O-])cc3)C(=O)N(CC(C)(C)CO)c3ccc(Cl)cc32)c1OC. The van der Waals surface area contributed by atoms with Crippen LogP contribution < -0.4 is 24.8 Å². The smallest absolute Gasteiger partial charge is 0.256 e. The summed E-state index contributed by atoms with van der Waals surface area (Å²) in [4.78, 5) is 39.9. The van der Waals surface area contributed by atoms with Gasteiger partial charge in [-0.05, 0) is 41.8 Å². The van der Waals surface area contributed by atoms with Crippen molar-refractivity contribution in [2.24, 2.45) is 5.41 Å². The van der Waals surface area contributed by atoms with Crippen molar-refractivity contribution >= 4 is 35.1 Å². The van der Waals surface area contributed by atoms with Crippen LogP contribution in [0.2, 0.25) is 5.02 Å². The second-order valence-corrected chi connectivity index (χ2v) is 11.8. The Labute approximate surface area is 261 Å². The van der Waals surface area contributed by atoms with Gasteiger partial charge in [-0.1, -0.05) is 61.8 Å².